The van der Waals surface area contributed by atoms with Crippen LogP contribution in [-0.4, -0.2) is 61.7 Å². The predicted octanol–water partition coefficient (Wildman–Crippen LogP) is 3.73. The fourth-order valence-electron chi connectivity index (χ4n) is 4.31. The van der Waals surface area contributed by atoms with Gasteiger partial charge in [0.1, 0.15) is 17.2 Å². The van der Waals surface area contributed by atoms with Gasteiger partial charge >= 0.3 is 0 Å². The van der Waals surface area contributed by atoms with E-state index in [9.17, 15) is 4.79 Å². The summed E-state index contributed by atoms with van der Waals surface area (Å²) in [4.78, 5) is 26.0. The molecule has 1 atom stereocenters. The molecule has 1 unspecified atom stereocenters. The first kappa shape index (κ1) is 23.4. The van der Waals surface area contributed by atoms with Crippen LogP contribution in [0.2, 0.25) is 0 Å². The number of carbonyl (C=O) groups excluding carboxylic acids is 1. The number of amides is 1. The molecule has 1 fully saturated rings. The van der Waals surface area contributed by atoms with Gasteiger partial charge in [-0.2, -0.15) is 4.98 Å². The van der Waals surface area contributed by atoms with Crippen LogP contribution in [0.4, 0.5) is 0 Å². The van der Waals surface area contributed by atoms with Gasteiger partial charge in [0.15, 0.2) is 5.82 Å². The molecule has 3 aromatic rings. The van der Waals surface area contributed by atoms with Crippen LogP contribution in [0.5, 0.6) is 11.6 Å². The lowest BCUT2D eigenvalue weighted by molar-refractivity contribution is 0.0941. The van der Waals surface area contributed by atoms with Gasteiger partial charge in [0, 0.05) is 13.7 Å². The summed E-state index contributed by atoms with van der Waals surface area (Å²) in [6.07, 6.45) is 2.36. The van der Waals surface area contributed by atoms with Crippen LogP contribution in [0.3, 0.4) is 0 Å². The van der Waals surface area contributed by atoms with Crippen LogP contribution in [0, 0.1) is 6.92 Å². The number of nitrogens with zero attached hydrogens (tertiary/aromatic N) is 3. The molecule has 176 valence electrons. The van der Waals surface area contributed by atoms with Gasteiger partial charge in [0.2, 0.25) is 5.88 Å². The summed E-state index contributed by atoms with van der Waals surface area (Å²) in [6, 6.07) is 8.21. The third-order valence-electron chi connectivity index (χ3n) is 6.01. The van der Waals surface area contributed by atoms with Crippen LogP contribution >= 0.6 is 11.3 Å². The van der Waals surface area contributed by atoms with Crippen LogP contribution in [0.1, 0.15) is 45.5 Å². The van der Waals surface area contributed by atoms with Crippen molar-refractivity contribution in [3.63, 3.8) is 0 Å². The molecule has 3 heterocycles. The largest absolute Gasteiger partial charge is 0.497 e. The molecule has 1 aromatic carbocycles. The number of hydrogen-bond donors (Lipinski definition) is 1. The summed E-state index contributed by atoms with van der Waals surface area (Å²) < 4.78 is 15.9. The van der Waals surface area contributed by atoms with Crippen LogP contribution < -0.4 is 14.8 Å². The Kier molecular flexibility index (Phi) is 7.42. The number of fused-ring (bicyclic) bond motifs is 1. The molecular formula is C24H30N4O4S. The van der Waals surface area contributed by atoms with E-state index in [1.807, 2.05) is 19.1 Å². The molecule has 1 aliphatic heterocycles. The molecule has 0 spiro atoms. The maximum absolute atomic E-state index is 13.2. The van der Waals surface area contributed by atoms with Gasteiger partial charge in [0.05, 0.1) is 30.5 Å². The average Bonchev–Trinajstić information content (AvgIpc) is 3.48. The minimum Gasteiger partial charge on any atom is -0.497 e. The maximum atomic E-state index is 13.2. The quantitative estimate of drug-likeness (QED) is 0.510. The molecule has 1 saturated heterocycles. The number of thiophene rings is 1. The van der Waals surface area contributed by atoms with Crippen LogP contribution in [0.15, 0.2) is 24.3 Å². The molecule has 1 aliphatic rings. The highest BCUT2D eigenvalue weighted by Gasteiger charge is 2.26. The zero-order valence-electron chi connectivity index (χ0n) is 19.5. The second-order valence-corrected chi connectivity index (χ2v) is 9.06. The lowest BCUT2D eigenvalue weighted by Crippen LogP contribution is -2.36. The number of nitrogens with one attached hydrogen (secondary N) is 1. The number of carbonyl (C=O) groups is 1. The number of aryl methyl sites for hydroxylation is 1. The van der Waals surface area contributed by atoms with Crippen LogP contribution in [0.25, 0.3) is 10.2 Å². The SMILES string of the molecule is COCc1nc(OC)c2c(C)c(C(=O)NCC(c3ccc(OC)cc3)N3CCCC3)sc2n1. The molecule has 2 aromatic heterocycles. The smallest absolute Gasteiger partial charge is 0.261 e. The van der Waals surface area contributed by atoms with Crippen molar-refractivity contribution in [3.8, 4) is 11.6 Å². The molecule has 8 nitrogen and oxygen atoms in total. The summed E-state index contributed by atoms with van der Waals surface area (Å²) in [5.41, 5.74) is 2.00. The molecule has 1 N–H and O–H groups in total. The molecule has 9 heteroatoms. The summed E-state index contributed by atoms with van der Waals surface area (Å²) in [7, 11) is 4.83. The van der Waals surface area contributed by atoms with Crippen molar-refractivity contribution >= 4 is 27.5 Å². The Balaban J connectivity index is 1.57. The zero-order valence-corrected chi connectivity index (χ0v) is 20.3. The number of ether oxygens (including phenoxy) is 3. The molecule has 0 radical (unpaired) electrons. The Bertz CT molecular complexity index is 1110. The van der Waals surface area contributed by atoms with Crippen molar-refractivity contribution < 1.29 is 19.0 Å². The first-order valence-corrected chi connectivity index (χ1v) is 11.9. The highest BCUT2D eigenvalue weighted by atomic mass is 32.1. The number of benzene rings is 1. The van der Waals surface area contributed by atoms with E-state index >= 15 is 0 Å². The van der Waals surface area contributed by atoms with E-state index in [4.69, 9.17) is 14.2 Å². The lowest BCUT2D eigenvalue weighted by Gasteiger charge is -2.28. The summed E-state index contributed by atoms with van der Waals surface area (Å²) >= 11 is 1.36. The molecule has 33 heavy (non-hydrogen) atoms. The molecule has 4 rings (SSSR count). The number of methoxy groups -OCH3 is 3. The Hall–Kier alpha value is -2.75. The van der Waals surface area contributed by atoms with Gasteiger partial charge in [-0.15, -0.1) is 11.3 Å². The summed E-state index contributed by atoms with van der Waals surface area (Å²) in [5, 5.41) is 3.94. The minimum absolute atomic E-state index is 0.108. The fraction of sp³-hybridized carbons (Fsp3) is 0.458. The van der Waals surface area contributed by atoms with E-state index in [0.717, 1.165) is 34.6 Å². The normalized spacial score (nSPS) is 15.0. The number of hydrogen-bond acceptors (Lipinski definition) is 8. The van der Waals surface area contributed by atoms with E-state index in [0.29, 0.717) is 23.1 Å². The fourth-order valence-corrected chi connectivity index (χ4v) is 5.42. The van der Waals surface area contributed by atoms with Crippen LogP contribution in [-0.2, 0) is 11.3 Å². The van der Waals surface area contributed by atoms with E-state index in [2.05, 4.69) is 32.3 Å². The third kappa shape index (κ3) is 4.95. The average molecular weight is 471 g/mol. The Morgan fingerprint density at radius 2 is 1.85 bits per heavy atom. The van der Waals surface area contributed by atoms with Crippen molar-refractivity contribution in [2.75, 3.05) is 41.0 Å². The monoisotopic (exact) mass is 470 g/mol. The molecule has 0 saturated carbocycles. The molecule has 1 amide bonds. The highest BCUT2D eigenvalue weighted by Crippen LogP contribution is 2.35. The van der Waals surface area contributed by atoms with E-state index in [-0.39, 0.29) is 18.6 Å². The van der Waals surface area contributed by atoms with Gasteiger partial charge in [-0.3, -0.25) is 9.69 Å². The molecule has 0 bridgehead atoms. The standard InChI is InChI=1S/C24H30N4O4S/c1-15-20-23(32-4)26-19(14-30-2)27-24(20)33-21(15)22(29)25-13-18(28-11-5-6-12-28)16-7-9-17(31-3)10-8-16/h7-10,18H,5-6,11-14H2,1-4H3,(H,25,29). The Labute approximate surface area is 197 Å². The zero-order chi connectivity index (χ0) is 23.4. The van der Waals surface area contributed by atoms with Crippen molar-refractivity contribution in [3.05, 3.63) is 46.1 Å². The van der Waals surface area contributed by atoms with Gasteiger partial charge in [-0.25, -0.2) is 4.98 Å². The second-order valence-electron chi connectivity index (χ2n) is 8.06. The van der Waals surface area contributed by atoms with E-state index in [1.54, 1.807) is 21.3 Å². The molecular weight excluding hydrogens is 440 g/mol. The Morgan fingerprint density at radius 1 is 1.12 bits per heavy atom. The van der Waals surface area contributed by atoms with E-state index < -0.39 is 0 Å². The highest BCUT2D eigenvalue weighted by molar-refractivity contribution is 7.20. The summed E-state index contributed by atoms with van der Waals surface area (Å²) in [6.45, 7) is 4.78. The topological polar surface area (TPSA) is 85.8 Å². The number of aromatic nitrogens is 2. The first-order valence-electron chi connectivity index (χ1n) is 11.0. The third-order valence-corrected chi connectivity index (χ3v) is 7.20. The minimum atomic E-state index is -0.108. The van der Waals surface area contributed by atoms with Crippen molar-refractivity contribution in [2.45, 2.75) is 32.4 Å². The first-order chi connectivity index (χ1) is 16.0. The number of rotatable bonds is 9. The molecule has 0 aliphatic carbocycles. The maximum Gasteiger partial charge on any atom is 0.261 e. The Morgan fingerprint density at radius 3 is 2.48 bits per heavy atom. The van der Waals surface area contributed by atoms with E-state index in [1.165, 1.54) is 29.7 Å². The number of likely N-dealkylation sites (tertiary alicyclic amines) is 1. The summed E-state index contributed by atoms with van der Waals surface area (Å²) in [5.74, 6) is 1.71. The van der Waals surface area contributed by atoms with Gasteiger partial charge in [0.25, 0.3) is 5.91 Å². The second kappa shape index (κ2) is 10.5. The van der Waals surface area contributed by atoms with Gasteiger partial charge < -0.3 is 19.5 Å². The van der Waals surface area contributed by atoms with Gasteiger partial charge in [-0.1, -0.05) is 12.1 Å². The lowest BCUT2D eigenvalue weighted by atomic mass is 10.0. The van der Waals surface area contributed by atoms with Crippen molar-refractivity contribution in [1.82, 2.24) is 20.2 Å². The predicted molar refractivity (Wildman–Crippen MR) is 128 cm³/mol. The van der Waals surface area contributed by atoms with Gasteiger partial charge in [-0.05, 0) is 56.1 Å². The van der Waals surface area contributed by atoms with Crippen molar-refractivity contribution in [2.24, 2.45) is 0 Å². The van der Waals surface area contributed by atoms with Crippen molar-refractivity contribution in [1.29, 1.82) is 0 Å².